The van der Waals surface area contributed by atoms with Crippen molar-refractivity contribution < 1.29 is 4.42 Å². The van der Waals surface area contributed by atoms with Crippen LogP contribution >= 0.6 is 11.3 Å². The lowest BCUT2D eigenvalue weighted by Crippen LogP contribution is -2.23. The molecule has 0 aliphatic rings. The fourth-order valence-electron chi connectivity index (χ4n) is 8.82. The van der Waals surface area contributed by atoms with Crippen LogP contribution in [0.15, 0.2) is 199 Å². The zero-order chi connectivity index (χ0) is 39.3. The second-order valence-corrected chi connectivity index (χ2v) is 16.2. The number of thiophene rings is 1. The average Bonchev–Trinajstić information content (AvgIpc) is 3.89. The third-order valence-electron chi connectivity index (χ3n) is 11.7. The van der Waals surface area contributed by atoms with Gasteiger partial charge in [-0.15, -0.1) is 11.3 Å². The Kier molecular flexibility index (Phi) is 8.68. The van der Waals surface area contributed by atoms with E-state index in [0.717, 1.165) is 61.9 Å². The molecule has 59 heavy (non-hydrogen) atoms. The lowest BCUT2D eigenvalue weighted by molar-refractivity contribution is 0.674. The van der Waals surface area contributed by atoms with E-state index in [1.54, 1.807) is 0 Å². The Morgan fingerprint density at radius 1 is 0.492 bits per heavy atom. The van der Waals surface area contributed by atoms with Gasteiger partial charge in [-0.1, -0.05) is 170 Å². The van der Waals surface area contributed by atoms with Gasteiger partial charge >= 0.3 is 0 Å². The third-order valence-corrected chi connectivity index (χ3v) is 12.9. The van der Waals surface area contributed by atoms with Crippen LogP contribution < -0.4 is 15.3 Å². The minimum Gasteiger partial charge on any atom is -0.455 e. The summed E-state index contributed by atoms with van der Waals surface area (Å²) in [6, 6.07) is 70.3. The van der Waals surface area contributed by atoms with Gasteiger partial charge < -0.3 is 9.32 Å². The van der Waals surface area contributed by atoms with E-state index >= 15 is 0 Å². The van der Waals surface area contributed by atoms with Gasteiger partial charge in [0.1, 0.15) is 11.2 Å². The number of para-hydroxylation sites is 2. The van der Waals surface area contributed by atoms with Gasteiger partial charge in [-0.25, -0.2) is 0 Å². The molecule has 11 rings (SSSR count). The van der Waals surface area contributed by atoms with Gasteiger partial charge in [0.05, 0.1) is 16.1 Å². The van der Waals surface area contributed by atoms with Crippen LogP contribution in [0.1, 0.15) is 12.5 Å². The quantitative estimate of drug-likeness (QED) is 0.160. The van der Waals surface area contributed by atoms with Crippen molar-refractivity contribution in [2.75, 3.05) is 4.90 Å². The lowest BCUT2D eigenvalue weighted by Gasteiger charge is -2.28. The van der Waals surface area contributed by atoms with Crippen LogP contribution in [0.2, 0.25) is 0 Å². The zero-order valence-electron chi connectivity index (χ0n) is 32.6. The number of anilines is 3. The van der Waals surface area contributed by atoms with Crippen LogP contribution in [0.3, 0.4) is 0 Å². The summed E-state index contributed by atoms with van der Waals surface area (Å²) in [4.78, 5) is 2.45. The monoisotopic (exact) mass is 773 g/mol. The molecular weight excluding hydrogens is 735 g/mol. The summed E-state index contributed by atoms with van der Waals surface area (Å²) in [5.41, 5.74) is 11.0. The Morgan fingerprint density at radius 2 is 1.17 bits per heavy atom. The highest BCUT2D eigenvalue weighted by atomic mass is 32.1. The van der Waals surface area contributed by atoms with Crippen molar-refractivity contribution in [1.82, 2.24) is 0 Å². The van der Waals surface area contributed by atoms with Crippen molar-refractivity contribution in [2.45, 2.75) is 13.3 Å². The van der Waals surface area contributed by atoms with Gasteiger partial charge in [-0.05, 0) is 82.3 Å². The highest BCUT2D eigenvalue weighted by Crippen LogP contribution is 2.49. The van der Waals surface area contributed by atoms with E-state index in [9.17, 15) is 0 Å². The third kappa shape index (κ3) is 6.10. The molecule has 0 saturated heterocycles. The van der Waals surface area contributed by atoms with E-state index in [1.165, 1.54) is 52.7 Å². The second-order valence-electron chi connectivity index (χ2n) is 15.1. The number of nitrogens with zero attached hydrogens (tertiary/aromatic N) is 1. The largest absolute Gasteiger partial charge is 0.455 e. The van der Waals surface area contributed by atoms with E-state index in [-0.39, 0.29) is 0 Å². The predicted octanol–water partition coefficient (Wildman–Crippen LogP) is 14.7. The molecule has 280 valence electrons. The number of fused-ring (bicyclic) bond motifs is 8. The van der Waals surface area contributed by atoms with Crippen molar-refractivity contribution in [3.8, 4) is 22.3 Å². The van der Waals surface area contributed by atoms with Gasteiger partial charge in [0, 0.05) is 48.4 Å². The van der Waals surface area contributed by atoms with Gasteiger partial charge in [0.25, 0.3) is 0 Å². The van der Waals surface area contributed by atoms with Crippen LogP contribution in [-0.2, 0) is 6.42 Å². The summed E-state index contributed by atoms with van der Waals surface area (Å²) in [6.07, 6.45) is 5.37. The Bertz CT molecular complexity index is 3500. The Hall–Kier alpha value is -7.20. The summed E-state index contributed by atoms with van der Waals surface area (Å²) < 4.78 is 9.46. The van der Waals surface area contributed by atoms with Crippen molar-refractivity contribution in [1.29, 1.82) is 0 Å². The van der Waals surface area contributed by atoms with E-state index in [0.29, 0.717) is 0 Å². The van der Waals surface area contributed by atoms with Crippen LogP contribution in [0.5, 0.6) is 0 Å². The van der Waals surface area contributed by atoms with Crippen molar-refractivity contribution >= 4 is 93.4 Å². The van der Waals surface area contributed by atoms with Crippen molar-refractivity contribution in [2.24, 2.45) is 0 Å². The number of rotatable bonds is 7. The van der Waals surface area contributed by atoms with Crippen molar-refractivity contribution in [3.05, 3.63) is 210 Å². The first-order valence-corrected chi connectivity index (χ1v) is 21.1. The molecule has 0 N–H and O–H groups in total. The van der Waals surface area contributed by atoms with Gasteiger partial charge in [-0.2, -0.15) is 0 Å². The fraction of sp³-hybridized carbons (Fsp3) is 0.0357. The normalized spacial score (nSPS) is 12.4. The Labute approximate surface area is 346 Å². The molecule has 0 atom stereocenters. The molecule has 2 nitrogen and oxygen atoms in total. The van der Waals surface area contributed by atoms with Crippen LogP contribution in [0.4, 0.5) is 17.1 Å². The average molecular weight is 774 g/mol. The molecule has 0 aliphatic carbocycles. The van der Waals surface area contributed by atoms with Crippen LogP contribution in [0, 0.1) is 0 Å². The Morgan fingerprint density at radius 3 is 2.07 bits per heavy atom. The summed E-state index contributed by atoms with van der Waals surface area (Å²) in [5.74, 6) is 0. The molecule has 0 radical (unpaired) electrons. The van der Waals surface area contributed by atoms with E-state index in [1.807, 2.05) is 11.3 Å². The highest BCUT2D eigenvalue weighted by Gasteiger charge is 2.23. The molecule has 0 bridgehead atoms. The molecule has 11 aromatic rings. The molecule has 2 aromatic heterocycles. The number of benzene rings is 9. The van der Waals surface area contributed by atoms with Crippen LogP contribution in [-0.4, -0.2) is 0 Å². The topological polar surface area (TPSA) is 16.4 Å². The van der Waals surface area contributed by atoms with E-state index in [2.05, 4.69) is 218 Å². The first-order valence-electron chi connectivity index (χ1n) is 20.3. The molecule has 0 spiro atoms. The molecular formula is C56H39NOS. The number of furan rings is 1. The smallest absolute Gasteiger partial charge is 0.143 e. The maximum Gasteiger partial charge on any atom is 0.143 e. The van der Waals surface area contributed by atoms with Crippen LogP contribution in [0.25, 0.3) is 87.3 Å². The van der Waals surface area contributed by atoms with Gasteiger partial charge in [0.15, 0.2) is 0 Å². The first-order chi connectivity index (χ1) is 29.2. The first kappa shape index (κ1) is 35.0. The molecule has 2 heterocycles. The minimum absolute atomic E-state index is 0.870. The lowest BCUT2D eigenvalue weighted by atomic mass is 9.98. The SMILES string of the molecule is C/C=c1/cccc/c1=C/Cc1cccc(-c2ccc(N(c3ccccc3-c3cccc4c3oc3c5ccccc5ccc43)c3cccc4c3sc3ccccc34)cc2)c1. The van der Waals surface area contributed by atoms with E-state index < -0.39 is 0 Å². The summed E-state index contributed by atoms with van der Waals surface area (Å²) in [7, 11) is 0. The van der Waals surface area contributed by atoms with Gasteiger partial charge in [0.2, 0.25) is 0 Å². The highest BCUT2D eigenvalue weighted by molar-refractivity contribution is 7.26. The summed E-state index contributed by atoms with van der Waals surface area (Å²) in [5, 5.41) is 9.63. The minimum atomic E-state index is 0.870. The fourth-order valence-corrected chi connectivity index (χ4v) is 10.0. The molecule has 9 aromatic carbocycles. The maximum atomic E-state index is 6.92. The number of hydrogen-bond donors (Lipinski definition) is 0. The van der Waals surface area contributed by atoms with E-state index in [4.69, 9.17) is 4.42 Å². The predicted molar refractivity (Wildman–Crippen MR) is 254 cm³/mol. The maximum absolute atomic E-state index is 6.92. The molecule has 0 amide bonds. The zero-order valence-corrected chi connectivity index (χ0v) is 33.4. The molecule has 0 unspecified atom stereocenters. The number of hydrogen-bond acceptors (Lipinski definition) is 3. The summed E-state index contributed by atoms with van der Waals surface area (Å²) >= 11 is 1.86. The molecule has 3 heteroatoms. The molecule has 0 saturated carbocycles. The molecule has 0 fully saturated rings. The Balaban J connectivity index is 1.07. The summed E-state index contributed by atoms with van der Waals surface area (Å²) in [6.45, 7) is 2.10. The second kappa shape index (κ2) is 14.6. The van der Waals surface area contributed by atoms with Gasteiger partial charge in [-0.3, -0.25) is 0 Å². The van der Waals surface area contributed by atoms with Crippen molar-refractivity contribution in [3.63, 3.8) is 0 Å². The standard InChI is InChI=1S/C56H39NOS/c1-2-38-15-3-4-16-39(38)29-28-37-14-11-18-42(36-37)40-30-33-43(34-31-40)57(52-26-13-24-50-46-21-8-10-27-53(46)59-56(50)52)51-25-9-7-20-45(51)47-22-12-23-48-49-35-32-41-17-5-6-19-44(41)54(49)58-55(47)48/h2-27,29-36H,28H2,1H3/b38-2-,39-29-. The molecule has 0 aliphatic heterocycles.